The molecule has 3 aromatic carbocycles. The van der Waals surface area contributed by atoms with Gasteiger partial charge in [-0.05, 0) is 36.8 Å². The number of carbonyl (C=O) groups excluding carboxylic acids is 3. The molecule has 6 nitrogen and oxygen atoms in total. The molecule has 174 valence electrons. The van der Waals surface area contributed by atoms with Crippen molar-refractivity contribution in [3.05, 3.63) is 90.0 Å². The number of benzene rings is 3. The number of imide groups is 1. The van der Waals surface area contributed by atoms with Gasteiger partial charge in [-0.15, -0.1) is 11.8 Å². The average molecular weight is 475 g/mol. The van der Waals surface area contributed by atoms with E-state index in [0.29, 0.717) is 11.4 Å². The Morgan fingerprint density at radius 1 is 1.00 bits per heavy atom. The summed E-state index contributed by atoms with van der Waals surface area (Å²) in [5, 5.41) is 0. The second kappa shape index (κ2) is 10.6. The van der Waals surface area contributed by atoms with Crippen LogP contribution in [0.5, 0.6) is 5.75 Å². The number of nitrogens with zero attached hydrogens (tertiary/aromatic N) is 2. The summed E-state index contributed by atoms with van der Waals surface area (Å²) in [5.41, 5.74) is 2.46. The standard InChI is InChI=1S/C27H26N2O4S/c1-19-12-14-21(15-13-19)29-25(30)16-22(27(29)32)28(17-20-8-4-3-5-9-20)26(31)18-34-24-11-7-6-10-23(24)33-2/h3-15,22H,16-18H2,1-2H3. The SMILES string of the molecule is COc1ccccc1SCC(=O)N(Cc1ccccc1)C1CC(=O)N(c2ccc(C)cc2)C1=O. The first-order valence-corrected chi connectivity index (χ1v) is 12.0. The van der Waals surface area contributed by atoms with Crippen LogP contribution in [0.25, 0.3) is 0 Å². The van der Waals surface area contributed by atoms with E-state index in [2.05, 4.69) is 0 Å². The van der Waals surface area contributed by atoms with Crippen molar-refractivity contribution in [3.8, 4) is 5.75 Å². The molecule has 1 atom stereocenters. The molecule has 3 amide bonds. The molecule has 0 N–H and O–H groups in total. The second-order valence-electron chi connectivity index (χ2n) is 8.07. The molecule has 0 aliphatic carbocycles. The highest BCUT2D eigenvalue weighted by atomic mass is 32.2. The lowest BCUT2D eigenvalue weighted by molar-refractivity contribution is -0.136. The summed E-state index contributed by atoms with van der Waals surface area (Å²) in [4.78, 5) is 43.3. The van der Waals surface area contributed by atoms with Gasteiger partial charge >= 0.3 is 0 Å². The van der Waals surface area contributed by atoms with Crippen molar-refractivity contribution in [2.45, 2.75) is 30.8 Å². The molecular formula is C27H26N2O4S. The topological polar surface area (TPSA) is 66.9 Å². The molecule has 0 spiro atoms. The molecule has 7 heteroatoms. The van der Waals surface area contributed by atoms with Crippen molar-refractivity contribution in [2.75, 3.05) is 17.8 Å². The number of hydrogen-bond donors (Lipinski definition) is 0. The van der Waals surface area contributed by atoms with Gasteiger partial charge in [0.25, 0.3) is 5.91 Å². The lowest BCUT2D eigenvalue weighted by atomic mass is 10.1. The zero-order valence-electron chi connectivity index (χ0n) is 19.1. The number of methoxy groups -OCH3 is 1. The van der Waals surface area contributed by atoms with E-state index in [0.717, 1.165) is 16.0 Å². The molecule has 3 aromatic rings. The van der Waals surface area contributed by atoms with Crippen LogP contribution in [0.4, 0.5) is 5.69 Å². The zero-order valence-corrected chi connectivity index (χ0v) is 20.0. The fourth-order valence-corrected chi connectivity index (χ4v) is 4.85. The Morgan fingerprint density at radius 3 is 2.38 bits per heavy atom. The summed E-state index contributed by atoms with van der Waals surface area (Å²) >= 11 is 1.35. The average Bonchev–Trinajstić information content (AvgIpc) is 3.15. The Morgan fingerprint density at radius 2 is 1.68 bits per heavy atom. The Bertz CT molecular complexity index is 1180. The van der Waals surface area contributed by atoms with E-state index in [1.54, 1.807) is 19.2 Å². The highest BCUT2D eigenvalue weighted by Crippen LogP contribution is 2.31. The number of amides is 3. The maximum Gasteiger partial charge on any atom is 0.257 e. The number of hydrogen-bond acceptors (Lipinski definition) is 5. The van der Waals surface area contributed by atoms with Crippen LogP contribution in [0, 0.1) is 6.92 Å². The summed E-state index contributed by atoms with van der Waals surface area (Å²) < 4.78 is 5.38. The predicted octanol–water partition coefficient (Wildman–Crippen LogP) is 4.46. The number of aryl methyl sites for hydroxylation is 1. The van der Waals surface area contributed by atoms with Gasteiger partial charge in [0.15, 0.2) is 0 Å². The third-order valence-corrected chi connectivity index (χ3v) is 6.77. The zero-order chi connectivity index (χ0) is 24.1. The first-order chi connectivity index (χ1) is 16.5. The van der Waals surface area contributed by atoms with E-state index in [1.165, 1.54) is 21.6 Å². The van der Waals surface area contributed by atoms with Gasteiger partial charge in [0.05, 0.1) is 25.0 Å². The van der Waals surface area contributed by atoms with Crippen molar-refractivity contribution < 1.29 is 19.1 Å². The van der Waals surface area contributed by atoms with E-state index in [9.17, 15) is 14.4 Å². The van der Waals surface area contributed by atoms with Crippen LogP contribution >= 0.6 is 11.8 Å². The van der Waals surface area contributed by atoms with Crippen molar-refractivity contribution in [3.63, 3.8) is 0 Å². The number of thioether (sulfide) groups is 1. The van der Waals surface area contributed by atoms with Crippen LogP contribution < -0.4 is 9.64 Å². The first-order valence-electron chi connectivity index (χ1n) is 11.0. The molecule has 1 aliphatic heterocycles. The lowest BCUT2D eigenvalue weighted by Crippen LogP contribution is -2.45. The van der Waals surface area contributed by atoms with Gasteiger partial charge in [-0.3, -0.25) is 14.4 Å². The molecule has 0 bridgehead atoms. The molecule has 0 aromatic heterocycles. The lowest BCUT2D eigenvalue weighted by Gasteiger charge is -2.28. The Hall–Kier alpha value is -3.58. The van der Waals surface area contributed by atoms with Crippen molar-refractivity contribution in [1.29, 1.82) is 0 Å². The van der Waals surface area contributed by atoms with Gasteiger partial charge in [0, 0.05) is 11.4 Å². The van der Waals surface area contributed by atoms with Crippen LogP contribution in [0.2, 0.25) is 0 Å². The first kappa shape index (κ1) is 23.6. The van der Waals surface area contributed by atoms with E-state index < -0.39 is 6.04 Å². The Balaban J connectivity index is 1.58. The number of rotatable bonds is 8. The molecule has 1 unspecified atom stereocenters. The van der Waals surface area contributed by atoms with Gasteiger partial charge in [-0.1, -0.05) is 60.2 Å². The van der Waals surface area contributed by atoms with Gasteiger partial charge in [-0.25, -0.2) is 4.90 Å². The number of carbonyl (C=O) groups is 3. The second-order valence-corrected chi connectivity index (χ2v) is 9.09. The molecule has 1 saturated heterocycles. The van der Waals surface area contributed by atoms with Crippen LogP contribution in [-0.2, 0) is 20.9 Å². The molecule has 4 rings (SSSR count). The quantitative estimate of drug-likeness (QED) is 0.356. The summed E-state index contributed by atoms with van der Waals surface area (Å²) in [5.74, 6) is -0.0813. The van der Waals surface area contributed by atoms with Crippen LogP contribution in [0.3, 0.4) is 0 Å². The predicted molar refractivity (Wildman–Crippen MR) is 133 cm³/mol. The van der Waals surface area contributed by atoms with Crippen molar-refractivity contribution >= 4 is 35.2 Å². The number of para-hydroxylation sites is 1. The summed E-state index contributed by atoms with van der Waals surface area (Å²) in [7, 11) is 1.59. The van der Waals surface area contributed by atoms with E-state index in [-0.39, 0.29) is 36.4 Å². The van der Waals surface area contributed by atoms with E-state index >= 15 is 0 Å². The number of anilines is 1. The maximum atomic E-state index is 13.4. The van der Waals surface area contributed by atoms with E-state index in [1.807, 2.05) is 73.7 Å². The molecule has 1 aliphatic rings. The molecule has 0 radical (unpaired) electrons. The largest absolute Gasteiger partial charge is 0.496 e. The van der Waals surface area contributed by atoms with Crippen LogP contribution in [-0.4, -0.2) is 41.5 Å². The number of ether oxygens (including phenoxy) is 1. The normalized spacial score (nSPS) is 15.5. The fraction of sp³-hybridized carbons (Fsp3) is 0.222. The van der Waals surface area contributed by atoms with E-state index in [4.69, 9.17) is 4.74 Å². The van der Waals surface area contributed by atoms with Gasteiger partial charge < -0.3 is 9.64 Å². The minimum atomic E-state index is -0.847. The van der Waals surface area contributed by atoms with Crippen LogP contribution in [0.15, 0.2) is 83.8 Å². The molecular weight excluding hydrogens is 448 g/mol. The minimum Gasteiger partial charge on any atom is -0.496 e. The third kappa shape index (κ3) is 5.15. The maximum absolute atomic E-state index is 13.4. The Kier molecular flexibility index (Phi) is 7.33. The third-order valence-electron chi connectivity index (χ3n) is 5.73. The van der Waals surface area contributed by atoms with Gasteiger partial charge in [0.1, 0.15) is 11.8 Å². The Labute approximate surface area is 203 Å². The van der Waals surface area contributed by atoms with Gasteiger partial charge in [-0.2, -0.15) is 0 Å². The monoisotopic (exact) mass is 474 g/mol. The fourth-order valence-electron chi connectivity index (χ4n) is 3.94. The summed E-state index contributed by atoms with van der Waals surface area (Å²) in [6, 6.07) is 23.4. The highest BCUT2D eigenvalue weighted by Gasteiger charge is 2.44. The summed E-state index contributed by atoms with van der Waals surface area (Å²) in [6.07, 6.45) is -0.0371. The van der Waals surface area contributed by atoms with Gasteiger partial charge in [0.2, 0.25) is 11.8 Å². The molecule has 1 heterocycles. The van der Waals surface area contributed by atoms with Crippen molar-refractivity contribution in [2.24, 2.45) is 0 Å². The smallest absolute Gasteiger partial charge is 0.257 e. The van der Waals surface area contributed by atoms with Crippen molar-refractivity contribution in [1.82, 2.24) is 4.90 Å². The molecule has 0 saturated carbocycles. The molecule has 34 heavy (non-hydrogen) atoms. The minimum absolute atomic E-state index is 0.0371. The molecule has 1 fully saturated rings. The summed E-state index contributed by atoms with van der Waals surface area (Å²) in [6.45, 7) is 2.19. The highest BCUT2D eigenvalue weighted by molar-refractivity contribution is 8.00. The van der Waals surface area contributed by atoms with Crippen LogP contribution in [0.1, 0.15) is 17.5 Å².